The first-order valence-corrected chi connectivity index (χ1v) is 8.43. The Balaban J connectivity index is 1.99. The number of rotatable bonds is 6. The summed E-state index contributed by atoms with van der Waals surface area (Å²) in [6, 6.07) is 1.91. The molecule has 21 heavy (non-hydrogen) atoms. The monoisotopic (exact) mass is 307 g/mol. The van der Waals surface area contributed by atoms with Gasteiger partial charge in [0.25, 0.3) is 5.91 Å². The molecule has 0 aliphatic heterocycles. The van der Waals surface area contributed by atoms with E-state index in [1.165, 1.54) is 43.4 Å². The summed E-state index contributed by atoms with van der Waals surface area (Å²) in [6.07, 6.45) is 8.37. The summed E-state index contributed by atoms with van der Waals surface area (Å²) in [6.45, 7) is 5.11. The Morgan fingerprint density at radius 1 is 1.52 bits per heavy atom. The number of nitrogens with zero attached hydrogens (tertiary/aromatic N) is 1. The molecule has 1 aliphatic rings. The van der Waals surface area contributed by atoms with Crippen LogP contribution in [0.3, 0.4) is 0 Å². The van der Waals surface area contributed by atoms with Crippen LogP contribution in [0.4, 0.5) is 10.7 Å². The van der Waals surface area contributed by atoms with E-state index >= 15 is 0 Å². The van der Waals surface area contributed by atoms with Gasteiger partial charge in [0.1, 0.15) is 4.88 Å². The number of carbonyl (C=O) groups excluding carboxylic acids is 1. The van der Waals surface area contributed by atoms with Crippen molar-refractivity contribution in [2.45, 2.75) is 32.1 Å². The normalized spacial score (nSPS) is 15.7. The van der Waals surface area contributed by atoms with Crippen molar-refractivity contribution in [3.63, 3.8) is 0 Å². The summed E-state index contributed by atoms with van der Waals surface area (Å²) >= 11 is 1.47. The highest BCUT2D eigenvalue weighted by Gasteiger charge is 2.19. The summed E-state index contributed by atoms with van der Waals surface area (Å²) in [5.41, 5.74) is 6.54. The first-order chi connectivity index (χ1) is 10.1. The Morgan fingerprint density at radius 2 is 2.24 bits per heavy atom. The molecule has 116 valence electrons. The third-order valence-electron chi connectivity index (χ3n) is 3.99. The molecule has 4 nitrogen and oxygen atoms in total. The van der Waals surface area contributed by atoms with Gasteiger partial charge >= 0.3 is 0 Å². The van der Waals surface area contributed by atoms with Crippen LogP contribution in [-0.4, -0.2) is 26.0 Å². The molecule has 0 atom stereocenters. The Kier molecular flexibility index (Phi) is 5.67. The van der Waals surface area contributed by atoms with Crippen LogP contribution in [0.2, 0.25) is 0 Å². The van der Waals surface area contributed by atoms with Crippen molar-refractivity contribution in [1.29, 1.82) is 0 Å². The standard InChI is InChI=1S/C16H25N3OS/c1-3-9-18-16(20)15-13(17)10-14(21-15)19(2)11-12-7-5-4-6-8-12/h3,10,12H,1,4-9,11,17H2,2H3,(H,18,20). The van der Waals surface area contributed by atoms with E-state index in [9.17, 15) is 4.79 Å². The van der Waals surface area contributed by atoms with Gasteiger partial charge in [-0.3, -0.25) is 4.79 Å². The van der Waals surface area contributed by atoms with Crippen LogP contribution in [0.25, 0.3) is 0 Å². The Labute approximate surface area is 131 Å². The van der Waals surface area contributed by atoms with Crippen molar-refractivity contribution in [3.8, 4) is 0 Å². The smallest absolute Gasteiger partial charge is 0.263 e. The lowest BCUT2D eigenvalue weighted by molar-refractivity contribution is 0.0963. The predicted molar refractivity (Wildman–Crippen MR) is 91.1 cm³/mol. The predicted octanol–water partition coefficient (Wildman–Crippen LogP) is 3.26. The highest BCUT2D eigenvalue weighted by Crippen LogP contribution is 2.33. The average Bonchev–Trinajstić information content (AvgIpc) is 2.88. The highest BCUT2D eigenvalue weighted by atomic mass is 32.1. The number of nitrogens with two attached hydrogens (primary N) is 1. The molecule has 0 bridgehead atoms. The van der Waals surface area contributed by atoms with Gasteiger partial charge in [0, 0.05) is 20.1 Å². The molecule has 0 unspecified atom stereocenters. The van der Waals surface area contributed by atoms with Crippen LogP contribution in [0.15, 0.2) is 18.7 Å². The molecule has 1 amide bonds. The Hall–Kier alpha value is -1.49. The molecule has 1 aromatic rings. The van der Waals surface area contributed by atoms with E-state index in [2.05, 4.69) is 23.8 Å². The van der Waals surface area contributed by atoms with Gasteiger partial charge < -0.3 is 16.0 Å². The molecule has 0 aromatic carbocycles. The summed E-state index contributed by atoms with van der Waals surface area (Å²) in [5.74, 6) is 0.653. The van der Waals surface area contributed by atoms with Crippen LogP contribution in [0, 0.1) is 5.92 Å². The minimum atomic E-state index is -0.116. The van der Waals surface area contributed by atoms with E-state index in [1.54, 1.807) is 6.08 Å². The zero-order valence-electron chi connectivity index (χ0n) is 12.7. The van der Waals surface area contributed by atoms with Crippen LogP contribution in [-0.2, 0) is 0 Å². The molecule has 1 fully saturated rings. The minimum absolute atomic E-state index is 0.116. The molecule has 1 heterocycles. The first kappa shape index (κ1) is 15.9. The van der Waals surface area contributed by atoms with Gasteiger partial charge in [0.15, 0.2) is 0 Å². The van der Waals surface area contributed by atoms with Crippen molar-refractivity contribution in [2.24, 2.45) is 5.92 Å². The number of amides is 1. The van der Waals surface area contributed by atoms with Gasteiger partial charge in [0.2, 0.25) is 0 Å². The zero-order chi connectivity index (χ0) is 15.2. The molecule has 3 N–H and O–H groups in total. The fraction of sp³-hybridized carbons (Fsp3) is 0.562. The van der Waals surface area contributed by atoms with Crippen molar-refractivity contribution in [2.75, 3.05) is 30.8 Å². The maximum Gasteiger partial charge on any atom is 0.263 e. The van der Waals surface area contributed by atoms with E-state index < -0.39 is 0 Å². The molecule has 1 aliphatic carbocycles. The number of thiophene rings is 1. The lowest BCUT2D eigenvalue weighted by atomic mass is 9.89. The lowest BCUT2D eigenvalue weighted by Crippen LogP contribution is -2.26. The molecule has 0 radical (unpaired) electrons. The maximum atomic E-state index is 12.0. The number of nitrogen functional groups attached to an aromatic ring is 1. The second-order valence-electron chi connectivity index (χ2n) is 5.75. The van der Waals surface area contributed by atoms with Crippen molar-refractivity contribution in [3.05, 3.63) is 23.6 Å². The summed E-state index contributed by atoms with van der Waals surface area (Å²) in [5, 5.41) is 3.85. The number of hydrogen-bond acceptors (Lipinski definition) is 4. The number of hydrogen-bond donors (Lipinski definition) is 2. The fourth-order valence-electron chi connectivity index (χ4n) is 2.85. The molecule has 1 saturated carbocycles. The number of nitrogens with one attached hydrogen (secondary N) is 1. The molecule has 1 aromatic heterocycles. The Morgan fingerprint density at radius 3 is 2.90 bits per heavy atom. The third kappa shape index (κ3) is 4.24. The van der Waals surface area contributed by atoms with Crippen LogP contribution in [0.5, 0.6) is 0 Å². The molecular weight excluding hydrogens is 282 g/mol. The summed E-state index contributed by atoms with van der Waals surface area (Å²) in [4.78, 5) is 14.8. The van der Waals surface area contributed by atoms with Gasteiger partial charge in [-0.15, -0.1) is 17.9 Å². The van der Waals surface area contributed by atoms with E-state index in [1.807, 2.05) is 6.07 Å². The summed E-state index contributed by atoms with van der Waals surface area (Å²) in [7, 11) is 2.09. The third-order valence-corrected chi connectivity index (χ3v) is 5.26. The molecule has 2 rings (SSSR count). The number of carbonyl (C=O) groups is 1. The topological polar surface area (TPSA) is 58.4 Å². The minimum Gasteiger partial charge on any atom is -0.397 e. The average molecular weight is 307 g/mol. The van der Waals surface area contributed by atoms with E-state index in [0.717, 1.165) is 17.5 Å². The van der Waals surface area contributed by atoms with Gasteiger partial charge in [-0.2, -0.15) is 0 Å². The van der Waals surface area contributed by atoms with Gasteiger partial charge in [-0.25, -0.2) is 0 Å². The maximum absolute atomic E-state index is 12.0. The van der Waals surface area contributed by atoms with E-state index in [4.69, 9.17) is 5.73 Å². The molecule has 0 spiro atoms. The van der Waals surface area contributed by atoms with Gasteiger partial charge in [-0.1, -0.05) is 25.3 Å². The Bertz CT molecular complexity index is 492. The second kappa shape index (κ2) is 7.50. The molecular formula is C16H25N3OS. The highest BCUT2D eigenvalue weighted by molar-refractivity contribution is 7.18. The SMILES string of the molecule is C=CCNC(=O)c1sc(N(C)CC2CCCCC2)cc1N. The second-order valence-corrected chi connectivity index (χ2v) is 6.78. The van der Waals surface area contributed by atoms with Crippen LogP contribution in [0.1, 0.15) is 41.8 Å². The van der Waals surface area contributed by atoms with Gasteiger partial charge in [0.05, 0.1) is 10.7 Å². The quantitative estimate of drug-likeness (QED) is 0.793. The molecule has 0 saturated heterocycles. The van der Waals surface area contributed by atoms with Crippen molar-refractivity contribution < 1.29 is 4.79 Å². The van der Waals surface area contributed by atoms with Crippen LogP contribution >= 0.6 is 11.3 Å². The fourth-order valence-corrected chi connectivity index (χ4v) is 3.82. The van der Waals surface area contributed by atoms with Gasteiger partial charge in [-0.05, 0) is 24.8 Å². The largest absolute Gasteiger partial charge is 0.397 e. The van der Waals surface area contributed by atoms with E-state index in [0.29, 0.717) is 17.1 Å². The number of anilines is 2. The van der Waals surface area contributed by atoms with Crippen molar-refractivity contribution in [1.82, 2.24) is 5.32 Å². The summed E-state index contributed by atoms with van der Waals surface area (Å²) < 4.78 is 0. The van der Waals surface area contributed by atoms with E-state index in [-0.39, 0.29) is 5.91 Å². The zero-order valence-corrected chi connectivity index (χ0v) is 13.5. The first-order valence-electron chi connectivity index (χ1n) is 7.61. The van der Waals surface area contributed by atoms with Crippen molar-refractivity contribution >= 4 is 27.9 Å². The van der Waals surface area contributed by atoms with Crippen LogP contribution < -0.4 is 16.0 Å². The molecule has 5 heteroatoms. The lowest BCUT2D eigenvalue weighted by Gasteiger charge is -2.27.